The highest BCUT2D eigenvalue weighted by Gasteiger charge is 2.22. The van der Waals surface area contributed by atoms with E-state index in [1.54, 1.807) is 26.4 Å². The molecule has 0 aromatic carbocycles. The number of sulfonamides is 1. The maximum Gasteiger partial charge on any atom is 0.222 e. The predicted molar refractivity (Wildman–Crippen MR) is 78.8 cm³/mol. The number of nitrogens with two attached hydrogens (primary N) is 1. The molecule has 1 aromatic heterocycles. The number of hydrogen-bond acceptors (Lipinski definition) is 5. The van der Waals surface area contributed by atoms with Crippen molar-refractivity contribution < 1.29 is 17.9 Å². The molecule has 21 heavy (non-hydrogen) atoms. The summed E-state index contributed by atoms with van der Waals surface area (Å²) in [5.41, 5.74) is 0.724. The highest BCUT2D eigenvalue weighted by molar-refractivity contribution is 7.89. The Labute approximate surface area is 125 Å². The van der Waals surface area contributed by atoms with Crippen LogP contribution in [-0.2, 0) is 19.6 Å². The summed E-state index contributed by atoms with van der Waals surface area (Å²) in [5.74, 6) is -0.378. The summed E-state index contributed by atoms with van der Waals surface area (Å²) in [4.78, 5) is 17.9. The fourth-order valence-corrected chi connectivity index (χ4v) is 2.45. The quantitative estimate of drug-likeness (QED) is 0.743. The number of pyridine rings is 1. The van der Waals surface area contributed by atoms with Gasteiger partial charge in [-0.3, -0.25) is 9.78 Å². The van der Waals surface area contributed by atoms with Crippen molar-refractivity contribution in [3.63, 3.8) is 0 Å². The molecule has 0 radical (unpaired) electrons. The van der Waals surface area contributed by atoms with Crippen molar-refractivity contribution in [3.8, 4) is 0 Å². The molecule has 0 saturated heterocycles. The van der Waals surface area contributed by atoms with E-state index in [9.17, 15) is 13.2 Å². The Hall–Kier alpha value is -1.51. The lowest BCUT2D eigenvalue weighted by Crippen LogP contribution is -2.34. The smallest absolute Gasteiger partial charge is 0.222 e. The molecule has 1 heterocycles. The highest BCUT2D eigenvalue weighted by Crippen LogP contribution is 2.18. The number of carbonyl (C=O) groups is 1. The molecule has 0 spiro atoms. The summed E-state index contributed by atoms with van der Waals surface area (Å²) in [6, 6.07) is 5.14. The average molecular weight is 315 g/mol. The van der Waals surface area contributed by atoms with E-state index in [4.69, 9.17) is 9.88 Å². The summed E-state index contributed by atoms with van der Waals surface area (Å²) in [7, 11) is -0.335. The Morgan fingerprint density at radius 2 is 2.19 bits per heavy atom. The number of carbonyl (C=O) groups excluding carboxylic acids is 1. The molecule has 1 unspecified atom stereocenters. The van der Waals surface area contributed by atoms with Crippen LogP contribution in [0.1, 0.15) is 24.6 Å². The SMILES string of the molecule is COCC(c1ccccn1)N(C)C(=O)CCCS(N)(=O)=O. The predicted octanol–water partition coefficient (Wildman–Crippen LogP) is 0.296. The minimum absolute atomic E-state index is 0.111. The Morgan fingerprint density at radius 3 is 2.71 bits per heavy atom. The molecule has 2 N–H and O–H groups in total. The van der Waals surface area contributed by atoms with Gasteiger partial charge < -0.3 is 9.64 Å². The molecule has 1 atom stereocenters. The van der Waals surface area contributed by atoms with Gasteiger partial charge in [-0.15, -0.1) is 0 Å². The van der Waals surface area contributed by atoms with E-state index in [1.165, 1.54) is 4.90 Å². The van der Waals surface area contributed by atoms with Crippen LogP contribution in [0.3, 0.4) is 0 Å². The molecular weight excluding hydrogens is 294 g/mol. The monoisotopic (exact) mass is 315 g/mol. The molecule has 118 valence electrons. The van der Waals surface area contributed by atoms with Crippen LogP contribution in [0.25, 0.3) is 0 Å². The topological polar surface area (TPSA) is 103 Å². The van der Waals surface area contributed by atoms with Gasteiger partial charge in [0.25, 0.3) is 0 Å². The van der Waals surface area contributed by atoms with E-state index in [-0.39, 0.29) is 30.5 Å². The summed E-state index contributed by atoms with van der Waals surface area (Å²) < 4.78 is 26.9. The number of methoxy groups -OCH3 is 1. The van der Waals surface area contributed by atoms with Gasteiger partial charge in [-0.25, -0.2) is 13.6 Å². The van der Waals surface area contributed by atoms with E-state index in [0.29, 0.717) is 6.61 Å². The molecule has 0 aliphatic heterocycles. The van der Waals surface area contributed by atoms with E-state index >= 15 is 0 Å². The third-order valence-electron chi connectivity index (χ3n) is 3.03. The zero-order valence-corrected chi connectivity index (χ0v) is 13.0. The van der Waals surface area contributed by atoms with E-state index in [2.05, 4.69) is 4.98 Å². The van der Waals surface area contributed by atoms with E-state index in [1.807, 2.05) is 12.1 Å². The van der Waals surface area contributed by atoms with Gasteiger partial charge in [0.15, 0.2) is 0 Å². The molecule has 1 aromatic rings. The fraction of sp³-hybridized carbons (Fsp3) is 0.538. The number of nitrogens with zero attached hydrogens (tertiary/aromatic N) is 2. The normalized spacial score (nSPS) is 12.9. The fourth-order valence-electron chi connectivity index (χ4n) is 1.90. The summed E-state index contributed by atoms with van der Waals surface area (Å²) in [6.07, 6.45) is 1.96. The lowest BCUT2D eigenvalue weighted by molar-refractivity contribution is -0.133. The van der Waals surface area contributed by atoms with Crippen LogP contribution in [0.2, 0.25) is 0 Å². The standard InChI is InChI=1S/C13H21N3O4S/c1-16(13(17)7-5-9-21(14,18)19)12(10-20-2)11-6-3-4-8-15-11/h3-4,6,8,12H,5,7,9-10H2,1-2H3,(H2,14,18,19). The number of likely N-dealkylation sites (N-methyl/N-ethyl adjacent to an activating group) is 1. The van der Waals surface area contributed by atoms with Crippen molar-refractivity contribution in [1.29, 1.82) is 0 Å². The van der Waals surface area contributed by atoms with Gasteiger partial charge in [0.1, 0.15) is 0 Å². The number of ether oxygens (including phenoxy) is 1. The molecule has 0 bridgehead atoms. The zero-order chi connectivity index (χ0) is 15.9. The van der Waals surface area contributed by atoms with Crippen LogP contribution in [0.5, 0.6) is 0 Å². The minimum Gasteiger partial charge on any atom is -0.382 e. The first-order chi connectivity index (χ1) is 9.85. The van der Waals surface area contributed by atoms with Crippen LogP contribution in [0.15, 0.2) is 24.4 Å². The van der Waals surface area contributed by atoms with Crippen molar-refractivity contribution in [2.45, 2.75) is 18.9 Å². The van der Waals surface area contributed by atoms with Gasteiger partial charge in [-0.05, 0) is 18.6 Å². The maximum absolute atomic E-state index is 12.1. The Balaban J connectivity index is 2.68. The Bertz CT molecular complexity index is 548. The summed E-state index contributed by atoms with van der Waals surface area (Å²) >= 11 is 0. The third-order valence-corrected chi connectivity index (χ3v) is 3.89. The first kappa shape index (κ1) is 17.5. The van der Waals surface area contributed by atoms with Gasteiger partial charge in [0.2, 0.25) is 15.9 Å². The average Bonchev–Trinajstić information content (AvgIpc) is 2.43. The Morgan fingerprint density at radius 1 is 1.48 bits per heavy atom. The van der Waals surface area contributed by atoms with Crippen molar-refractivity contribution in [3.05, 3.63) is 30.1 Å². The second-order valence-electron chi connectivity index (χ2n) is 4.70. The lowest BCUT2D eigenvalue weighted by atomic mass is 10.1. The highest BCUT2D eigenvalue weighted by atomic mass is 32.2. The van der Waals surface area contributed by atoms with Crippen molar-refractivity contribution in [2.75, 3.05) is 26.5 Å². The van der Waals surface area contributed by atoms with Gasteiger partial charge in [-0.1, -0.05) is 6.07 Å². The molecule has 0 aliphatic rings. The minimum atomic E-state index is -3.54. The number of primary sulfonamides is 1. The van der Waals surface area contributed by atoms with Crippen LogP contribution >= 0.6 is 0 Å². The van der Waals surface area contributed by atoms with E-state index < -0.39 is 10.0 Å². The molecular formula is C13H21N3O4S. The summed E-state index contributed by atoms with van der Waals surface area (Å²) in [6.45, 7) is 0.314. The molecule has 0 aliphatic carbocycles. The Kier molecular flexibility index (Phi) is 6.73. The molecule has 8 heteroatoms. The molecule has 7 nitrogen and oxygen atoms in total. The number of rotatable bonds is 8. The van der Waals surface area contributed by atoms with Crippen LogP contribution in [0.4, 0.5) is 0 Å². The van der Waals surface area contributed by atoms with Gasteiger partial charge in [0, 0.05) is 26.8 Å². The van der Waals surface area contributed by atoms with Crippen LogP contribution in [-0.4, -0.2) is 50.7 Å². The van der Waals surface area contributed by atoms with Crippen LogP contribution < -0.4 is 5.14 Å². The van der Waals surface area contributed by atoms with Crippen molar-refractivity contribution in [1.82, 2.24) is 9.88 Å². The zero-order valence-electron chi connectivity index (χ0n) is 12.2. The van der Waals surface area contributed by atoms with Gasteiger partial charge >= 0.3 is 0 Å². The second kappa shape index (κ2) is 8.06. The molecule has 1 amide bonds. The van der Waals surface area contributed by atoms with E-state index in [0.717, 1.165) is 5.69 Å². The maximum atomic E-state index is 12.1. The van der Waals surface area contributed by atoms with Crippen molar-refractivity contribution >= 4 is 15.9 Å². The molecule has 0 fully saturated rings. The first-order valence-corrected chi connectivity index (χ1v) is 8.22. The molecule has 0 saturated carbocycles. The second-order valence-corrected chi connectivity index (χ2v) is 6.43. The summed E-state index contributed by atoms with van der Waals surface area (Å²) in [5, 5.41) is 4.91. The number of amides is 1. The van der Waals surface area contributed by atoms with Crippen LogP contribution in [0, 0.1) is 0 Å². The third kappa shape index (κ3) is 6.19. The first-order valence-electron chi connectivity index (χ1n) is 6.51. The lowest BCUT2D eigenvalue weighted by Gasteiger charge is -2.27. The van der Waals surface area contributed by atoms with Crippen molar-refractivity contribution in [2.24, 2.45) is 5.14 Å². The largest absolute Gasteiger partial charge is 0.382 e. The number of hydrogen-bond donors (Lipinski definition) is 1. The number of aromatic nitrogens is 1. The van der Waals surface area contributed by atoms with Gasteiger partial charge in [-0.2, -0.15) is 0 Å². The molecule has 1 rings (SSSR count). The van der Waals surface area contributed by atoms with Gasteiger partial charge in [0.05, 0.1) is 24.1 Å².